The van der Waals surface area contributed by atoms with E-state index in [9.17, 15) is 14.4 Å². The first-order valence-corrected chi connectivity index (χ1v) is 13.7. The molecule has 3 amide bonds. The molecular formula is C30H29ClN2O5S. The van der Waals surface area contributed by atoms with Crippen LogP contribution in [0.3, 0.4) is 0 Å². The highest BCUT2D eigenvalue weighted by Gasteiger charge is 2.34. The molecule has 0 atom stereocenters. The van der Waals surface area contributed by atoms with E-state index in [0.717, 1.165) is 28.6 Å². The van der Waals surface area contributed by atoms with Crippen LogP contribution < -0.4 is 14.8 Å². The molecule has 0 spiro atoms. The zero-order valence-corrected chi connectivity index (χ0v) is 23.5. The summed E-state index contributed by atoms with van der Waals surface area (Å²) in [5.74, 6) is 0.690. The zero-order valence-electron chi connectivity index (χ0n) is 21.9. The van der Waals surface area contributed by atoms with Gasteiger partial charge in [-0.15, -0.1) is 0 Å². The number of amides is 3. The van der Waals surface area contributed by atoms with Gasteiger partial charge in [0.15, 0.2) is 6.61 Å². The summed E-state index contributed by atoms with van der Waals surface area (Å²) >= 11 is 7.23. The first-order chi connectivity index (χ1) is 18.7. The van der Waals surface area contributed by atoms with Crippen molar-refractivity contribution in [3.05, 3.63) is 93.3 Å². The highest BCUT2D eigenvalue weighted by molar-refractivity contribution is 8.18. The fourth-order valence-corrected chi connectivity index (χ4v) is 5.03. The number of hydrogen-bond acceptors (Lipinski definition) is 6. The molecule has 3 aromatic rings. The Balaban J connectivity index is 1.34. The molecule has 7 nitrogen and oxygen atoms in total. The summed E-state index contributed by atoms with van der Waals surface area (Å²) in [6.07, 6.45) is 1.61. The van der Waals surface area contributed by atoms with Crippen LogP contribution in [0.1, 0.15) is 36.5 Å². The monoisotopic (exact) mass is 564 g/mol. The van der Waals surface area contributed by atoms with Crippen molar-refractivity contribution in [3.8, 4) is 11.5 Å². The second kappa shape index (κ2) is 12.9. The number of carbonyl (C=O) groups is 3. The SMILES string of the molecule is Cc1ccc(C(C)C)c(OCCN2C(=O)S/C(=C\c3ccc(OCC(=O)Nc4ccccc4)c(Cl)c3)C2=O)c1. The van der Waals surface area contributed by atoms with E-state index in [-0.39, 0.29) is 47.8 Å². The Morgan fingerprint density at radius 2 is 1.79 bits per heavy atom. The minimum Gasteiger partial charge on any atom is -0.491 e. The third-order valence-electron chi connectivity index (χ3n) is 5.91. The molecule has 39 heavy (non-hydrogen) atoms. The number of nitrogens with zero attached hydrogens (tertiary/aromatic N) is 1. The van der Waals surface area contributed by atoms with Crippen LogP contribution in [0.15, 0.2) is 71.6 Å². The molecule has 0 saturated carbocycles. The molecule has 0 aliphatic carbocycles. The van der Waals surface area contributed by atoms with Crippen molar-refractivity contribution < 1.29 is 23.9 Å². The molecule has 1 heterocycles. The number of aryl methyl sites for hydroxylation is 1. The maximum absolute atomic E-state index is 12.9. The summed E-state index contributed by atoms with van der Waals surface area (Å²) in [5.41, 5.74) is 3.46. The van der Waals surface area contributed by atoms with Gasteiger partial charge < -0.3 is 14.8 Å². The molecule has 1 N–H and O–H groups in total. The van der Waals surface area contributed by atoms with Crippen LogP contribution in [-0.2, 0) is 9.59 Å². The lowest BCUT2D eigenvalue weighted by Crippen LogP contribution is -2.32. The van der Waals surface area contributed by atoms with Gasteiger partial charge >= 0.3 is 0 Å². The van der Waals surface area contributed by atoms with E-state index in [4.69, 9.17) is 21.1 Å². The summed E-state index contributed by atoms with van der Waals surface area (Å²) in [6, 6.07) is 20.1. The van der Waals surface area contributed by atoms with Gasteiger partial charge in [0.05, 0.1) is 16.5 Å². The van der Waals surface area contributed by atoms with Gasteiger partial charge in [0.1, 0.15) is 18.1 Å². The maximum Gasteiger partial charge on any atom is 0.293 e. The van der Waals surface area contributed by atoms with E-state index in [1.165, 1.54) is 4.90 Å². The quantitative estimate of drug-likeness (QED) is 0.269. The topological polar surface area (TPSA) is 84.9 Å². The molecule has 0 unspecified atom stereocenters. The van der Waals surface area contributed by atoms with Gasteiger partial charge in [-0.1, -0.05) is 61.8 Å². The molecule has 0 bridgehead atoms. The van der Waals surface area contributed by atoms with Gasteiger partial charge in [0, 0.05) is 5.69 Å². The van der Waals surface area contributed by atoms with Crippen LogP contribution in [0.2, 0.25) is 5.02 Å². The summed E-state index contributed by atoms with van der Waals surface area (Å²) in [4.78, 5) is 39.1. The van der Waals surface area contributed by atoms with Crippen molar-refractivity contribution in [3.63, 3.8) is 0 Å². The molecule has 1 fully saturated rings. The van der Waals surface area contributed by atoms with Crippen molar-refractivity contribution in [1.82, 2.24) is 4.90 Å². The first kappa shape index (κ1) is 28.3. The minimum atomic E-state index is -0.379. The smallest absolute Gasteiger partial charge is 0.293 e. The van der Waals surface area contributed by atoms with Gasteiger partial charge in [-0.25, -0.2) is 0 Å². The lowest BCUT2D eigenvalue weighted by Gasteiger charge is -2.17. The normalized spacial score (nSPS) is 14.3. The molecule has 0 aromatic heterocycles. The number of carbonyl (C=O) groups excluding carboxylic acids is 3. The Morgan fingerprint density at radius 1 is 1.03 bits per heavy atom. The standard InChI is InChI=1S/C30H29ClN2O5S/c1-19(2)23-11-9-20(3)15-26(23)37-14-13-33-29(35)27(39-30(33)36)17-21-10-12-25(24(31)16-21)38-18-28(34)32-22-7-5-4-6-8-22/h4-12,15-17,19H,13-14,18H2,1-3H3,(H,32,34)/b27-17-. The number of para-hydroxylation sites is 1. The molecule has 202 valence electrons. The van der Waals surface area contributed by atoms with E-state index in [1.54, 1.807) is 36.4 Å². The van der Waals surface area contributed by atoms with Gasteiger partial charge in [0.2, 0.25) is 0 Å². The predicted molar refractivity (Wildman–Crippen MR) is 155 cm³/mol. The molecule has 0 radical (unpaired) electrons. The average Bonchev–Trinajstić information content (AvgIpc) is 3.16. The van der Waals surface area contributed by atoms with Crippen molar-refractivity contribution in [2.45, 2.75) is 26.7 Å². The van der Waals surface area contributed by atoms with Crippen LogP contribution in [0, 0.1) is 6.92 Å². The van der Waals surface area contributed by atoms with Gasteiger partial charge in [-0.2, -0.15) is 0 Å². The Bertz CT molecular complexity index is 1410. The predicted octanol–water partition coefficient (Wildman–Crippen LogP) is 6.90. The van der Waals surface area contributed by atoms with Crippen molar-refractivity contribution in [2.75, 3.05) is 25.1 Å². The maximum atomic E-state index is 12.9. The molecule has 1 aliphatic rings. The summed E-state index contributed by atoms with van der Waals surface area (Å²) in [6.45, 7) is 6.30. The number of ether oxygens (including phenoxy) is 2. The van der Waals surface area contributed by atoms with Crippen molar-refractivity contribution in [2.24, 2.45) is 0 Å². The Kier molecular flexibility index (Phi) is 9.32. The number of benzene rings is 3. The van der Waals surface area contributed by atoms with Crippen LogP contribution in [-0.4, -0.2) is 41.7 Å². The van der Waals surface area contributed by atoms with Crippen LogP contribution in [0.25, 0.3) is 6.08 Å². The largest absolute Gasteiger partial charge is 0.491 e. The fraction of sp³-hybridized carbons (Fsp3) is 0.233. The van der Waals surface area contributed by atoms with Gasteiger partial charge in [-0.3, -0.25) is 19.3 Å². The molecule has 1 saturated heterocycles. The Labute approximate surface area is 237 Å². The average molecular weight is 565 g/mol. The van der Waals surface area contributed by atoms with E-state index >= 15 is 0 Å². The van der Waals surface area contributed by atoms with Crippen LogP contribution in [0.5, 0.6) is 11.5 Å². The summed E-state index contributed by atoms with van der Waals surface area (Å²) in [5, 5.41) is 2.67. The Hall–Kier alpha value is -3.75. The number of imide groups is 1. The van der Waals surface area contributed by atoms with E-state index in [1.807, 2.05) is 43.3 Å². The highest BCUT2D eigenvalue weighted by Crippen LogP contribution is 2.34. The molecule has 9 heteroatoms. The molecular weight excluding hydrogens is 536 g/mol. The van der Waals surface area contributed by atoms with E-state index < -0.39 is 0 Å². The summed E-state index contributed by atoms with van der Waals surface area (Å²) < 4.78 is 11.5. The molecule has 1 aliphatic heterocycles. The van der Waals surface area contributed by atoms with Crippen LogP contribution in [0.4, 0.5) is 10.5 Å². The second-order valence-electron chi connectivity index (χ2n) is 9.27. The lowest BCUT2D eigenvalue weighted by molar-refractivity contribution is -0.123. The number of anilines is 1. The number of thioether (sulfide) groups is 1. The van der Waals surface area contributed by atoms with Crippen molar-refractivity contribution >= 4 is 52.2 Å². The molecule has 3 aromatic carbocycles. The minimum absolute atomic E-state index is 0.145. The second-order valence-corrected chi connectivity index (χ2v) is 10.7. The third-order valence-corrected chi connectivity index (χ3v) is 7.11. The van der Waals surface area contributed by atoms with Crippen molar-refractivity contribution in [1.29, 1.82) is 0 Å². The first-order valence-electron chi connectivity index (χ1n) is 12.5. The number of halogens is 1. The van der Waals surface area contributed by atoms with E-state index in [2.05, 4.69) is 19.2 Å². The van der Waals surface area contributed by atoms with Gasteiger partial charge in [-0.05, 0) is 77.7 Å². The molecule has 4 rings (SSSR count). The fourth-order valence-electron chi connectivity index (χ4n) is 3.92. The highest BCUT2D eigenvalue weighted by atomic mass is 35.5. The van der Waals surface area contributed by atoms with Gasteiger partial charge in [0.25, 0.3) is 17.1 Å². The third kappa shape index (κ3) is 7.43. The number of rotatable bonds is 10. The zero-order chi connectivity index (χ0) is 27.9. The number of nitrogens with one attached hydrogen (secondary N) is 1. The summed E-state index contributed by atoms with van der Waals surface area (Å²) in [7, 11) is 0. The van der Waals surface area contributed by atoms with Crippen LogP contribution >= 0.6 is 23.4 Å². The Morgan fingerprint density at radius 3 is 2.51 bits per heavy atom. The van der Waals surface area contributed by atoms with E-state index in [0.29, 0.717) is 21.9 Å². The number of hydrogen-bond donors (Lipinski definition) is 1. The lowest BCUT2D eigenvalue weighted by atomic mass is 10.0.